The van der Waals surface area contributed by atoms with E-state index in [0.29, 0.717) is 11.9 Å². The number of thiophene rings is 1. The van der Waals surface area contributed by atoms with Gasteiger partial charge in [0.2, 0.25) is 0 Å². The molecule has 0 atom stereocenters. The van der Waals surface area contributed by atoms with Crippen LogP contribution >= 0.6 is 27.3 Å². The Kier molecular flexibility index (Phi) is 4.04. The lowest BCUT2D eigenvalue weighted by atomic mass is 10.1. The monoisotopic (exact) mass is 396 g/mol. The summed E-state index contributed by atoms with van der Waals surface area (Å²) in [5, 5.41) is 2.71. The maximum absolute atomic E-state index is 13.0. The zero-order valence-corrected chi connectivity index (χ0v) is 15.0. The van der Waals surface area contributed by atoms with Crippen molar-refractivity contribution in [2.75, 3.05) is 0 Å². The van der Waals surface area contributed by atoms with Crippen molar-refractivity contribution in [1.82, 2.24) is 9.55 Å². The highest BCUT2D eigenvalue weighted by Gasteiger charge is 2.13. The van der Waals surface area contributed by atoms with Crippen LogP contribution in [0.5, 0.6) is 0 Å². The fourth-order valence-corrected chi connectivity index (χ4v) is 3.87. The normalized spacial score (nSPS) is 11.0. The van der Waals surface area contributed by atoms with Gasteiger partial charge in [0.15, 0.2) is 0 Å². The van der Waals surface area contributed by atoms with Crippen LogP contribution in [-0.2, 0) is 6.54 Å². The van der Waals surface area contributed by atoms with Crippen molar-refractivity contribution < 1.29 is 0 Å². The van der Waals surface area contributed by atoms with Crippen molar-refractivity contribution in [2.45, 2.75) is 6.54 Å². The zero-order chi connectivity index (χ0) is 16.5. The quantitative estimate of drug-likeness (QED) is 0.491. The topological polar surface area (TPSA) is 34.9 Å². The Balaban J connectivity index is 1.82. The second-order valence-electron chi connectivity index (χ2n) is 5.50. The van der Waals surface area contributed by atoms with Crippen LogP contribution in [0.1, 0.15) is 5.56 Å². The molecule has 0 bridgehead atoms. The Morgan fingerprint density at radius 2 is 1.79 bits per heavy atom. The van der Waals surface area contributed by atoms with Gasteiger partial charge in [-0.3, -0.25) is 9.36 Å². The average molecular weight is 397 g/mol. The molecule has 0 unspecified atom stereocenters. The Labute approximate surface area is 151 Å². The summed E-state index contributed by atoms with van der Waals surface area (Å²) in [5.74, 6) is 0. The van der Waals surface area contributed by atoms with Crippen molar-refractivity contribution in [1.29, 1.82) is 0 Å². The van der Waals surface area contributed by atoms with Crippen molar-refractivity contribution in [3.63, 3.8) is 0 Å². The third-order valence-electron chi connectivity index (χ3n) is 3.91. The molecular formula is C19H13BrN2OS. The van der Waals surface area contributed by atoms with Gasteiger partial charge in [0.05, 0.1) is 18.3 Å². The molecule has 5 heteroatoms. The molecule has 0 N–H and O–H groups in total. The maximum atomic E-state index is 13.0. The van der Waals surface area contributed by atoms with Crippen molar-refractivity contribution >= 4 is 37.5 Å². The number of rotatable bonds is 3. The number of fused-ring (bicyclic) bond motifs is 1. The molecule has 0 fully saturated rings. The third kappa shape index (κ3) is 2.81. The molecule has 0 aliphatic carbocycles. The molecule has 4 aromatic rings. The summed E-state index contributed by atoms with van der Waals surface area (Å²) < 4.78 is 2.70. The molecule has 0 saturated heterocycles. The highest BCUT2D eigenvalue weighted by atomic mass is 79.9. The standard InChI is InChI=1S/C19H13BrN2OS/c20-15-8-6-13(7-9-15)10-22-12-21-18-17(19(22)23)16(11-24-18)14-4-2-1-3-5-14/h1-9,11-12H,10H2. The summed E-state index contributed by atoms with van der Waals surface area (Å²) in [7, 11) is 0. The van der Waals surface area contributed by atoms with Crippen LogP contribution in [0.25, 0.3) is 21.3 Å². The molecule has 0 aliphatic rings. The van der Waals surface area contributed by atoms with Gasteiger partial charge in [-0.15, -0.1) is 11.3 Å². The lowest BCUT2D eigenvalue weighted by Gasteiger charge is -2.06. The minimum absolute atomic E-state index is 0.00280. The molecule has 2 heterocycles. The van der Waals surface area contributed by atoms with E-state index in [-0.39, 0.29) is 5.56 Å². The van der Waals surface area contributed by atoms with E-state index in [1.165, 1.54) is 11.3 Å². The molecule has 0 aliphatic heterocycles. The SMILES string of the molecule is O=c1c2c(-c3ccccc3)csc2ncn1Cc1ccc(Br)cc1. The van der Waals surface area contributed by atoms with E-state index in [1.807, 2.05) is 60.0 Å². The second-order valence-corrected chi connectivity index (χ2v) is 7.27. The molecular weight excluding hydrogens is 384 g/mol. The van der Waals surface area contributed by atoms with Crippen LogP contribution in [-0.4, -0.2) is 9.55 Å². The zero-order valence-electron chi connectivity index (χ0n) is 12.6. The maximum Gasteiger partial charge on any atom is 0.263 e. The second kappa shape index (κ2) is 6.34. The molecule has 0 spiro atoms. The molecule has 24 heavy (non-hydrogen) atoms. The Bertz CT molecular complexity index is 1050. The average Bonchev–Trinajstić information content (AvgIpc) is 3.05. The summed E-state index contributed by atoms with van der Waals surface area (Å²) in [6, 6.07) is 17.9. The number of benzene rings is 2. The molecule has 4 rings (SSSR count). The van der Waals surface area contributed by atoms with Crippen LogP contribution < -0.4 is 5.56 Å². The predicted molar refractivity (Wildman–Crippen MR) is 103 cm³/mol. The lowest BCUT2D eigenvalue weighted by molar-refractivity contribution is 0.749. The van der Waals surface area contributed by atoms with Gasteiger partial charge in [-0.25, -0.2) is 4.98 Å². The van der Waals surface area contributed by atoms with Crippen molar-refractivity contribution in [3.05, 3.63) is 86.7 Å². The highest BCUT2D eigenvalue weighted by Crippen LogP contribution is 2.30. The Morgan fingerprint density at radius 3 is 2.54 bits per heavy atom. The predicted octanol–water partition coefficient (Wildman–Crippen LogP) is 4.94. The summed E-state index contributed by atoms with van der Waals surface area (Å²) >= 11 is 4.94. The van der Waals surface area contributed by atoms with Gasteiger partial charge in [-0.05, 0) is 23.3 Å². The van der Waals surface area contributed by atoms with Gasteiger partial charge >= 0.3 is 0 Å². The van der Waals surface area contributed by atoms with Gasteiger partial charge < -0.3 is 0 Å². The fraction of sp³-hybridized carbons (Fsp3) is 0.0526. The molecule has 0 radical (unpaired) electrons. The number of hydrogen-bond donors (Lipinski definition) is 0. The van der Waals surface area contributed by atoms with Crippen LogP contribution in [0.4, 0.5) is 0 Å². The van der Waals surface area contributed by atoms with Crippen molar-refractivity contribution in [3.8, 4) is 11.1 Å². The molecule has 2 aromatic heterocycles. The Morgan fingerprint density at radius 1 is 1.04 bits per heavy atom. The number of halogens is 1. The molecule has 0 amide bonds. The van der Waals surface area contributed by atoms with E-state index < -0.39 is 0 Å². The van der Waals surface area contributed by atoms with Gasteiger partial charge in [0.1, 0.15) is 4.83 Å². The van der Waals surface area contributed by atoms with Gasteiger partial charge in [0, 0.05) is 15.4 Å². The summed E-state index contributed by atoms with van der Waals surface area (Å²) in [6.07, 6.45) is 1.64. The van der Waals surface area contributed by atoms with Crippen LogP contribution in [0.15, 0.2) is 75.6 Å². The lowest BCUT2D eigenvalue weighted by Crippen LogP contribution is -2.20. The van der Waals surface area contributed by atoms with Crippen LogP contribution in [0.3, 0.4) is 0 Å². The van der Waals surface area contributed by atoms with Gasteiger partial charge in [0.25, 0.3) is 5.56 Å². The minimum Gasteiger partial charge on any atom is -0.294 e. The van der Waals surface area contributed by atoms with Crippen LogP contribution in [0, 0.1) is 0 Å². The highest BCUT2D eigenvalue weighted by molar-refractivity contribution is 9.10. The minimum atomic E-state index is 0.00280. The summed E-state index contributed by atoms with van der Waals surface area (Å²) in [5.41, 5.74) is 3.07. The van der Waals surface area contributed by atoms with Crippen LogP contribution in [0.2, 0.25) is 0 Å². The smallest absolute Gasteiger partial charge is 0.263 e. The van der Waals surface area contributed by atoms with E-state index in [1.54, 1.807) is 10.9 Å². The largest absolute Gasteiger partial charge is 0.294 e. The van der Waals surface area contributed by atoms with E-state index in [4.69, 9.17) is 0 Å². The van der Waals surface area contributed by atoms with Gasteiger partial charge in [-0.2, -0.15) is 0 Å². The first-order valence-corrected chi connectivity index (χ1v) is 9.16. The first-order chi connectivity index (χ1) is 11.7. The number of aromatic nitrogens is 2. The van der Waals surface area contributed by atoms with Crippen molar-refractivity contribution in [2.24, 2.45) is 0 Å². The van der Waals surface area contributed by atoms with E-state index >= 15 is 0 Å². The first kappa shape index (κ1) is 15.3. The molecule has 2 aromatic carbocycles. The summed E-state index contributed by atoms with van der Waals surface area (Å²) in [4.78, 5) is 18.2. The summed E-state index contributed by atoms with van der Waals surface area (Å²) in [6.45, 7) is 0.513. The number of hydrogen-bond acceptors (Lipinski definition) is 3. The van der Waals surface area contributed by atoms with E-state index in [9.17, 15) is 4.79 Å². The number of nitrogens with zero attached hydrogens (tertiary/aromatic N) is 2. The van der Waals surface area contributed by atoms with Gasteiger partial charge in [-0.1, -0.05) is 58.4 Å². The Hall–Kier alpha value is -2.24. The first-order valence-electron chi connectivity index (χ1n) is 7.49. The van der Waals surface area contributed by atoms with E-state index in [2.05, 4.69) is 20.9 Å². The molecule has 118 valence electrons. The third-order valence-corrected chi connectivity index (χ3v) is 5.33. The molecule has 0 saturated carbocycles. The molecule has 3 nitrogen and oxygen atoms in total. The van der Waals surface area contributed by atoms with E-state index in [0.717, 1.165) is 26.0 Å². The fourth-order valence-electron chi connectivity index (χ4n) is 2.70.